The van der Waals surface area contributed by atoms with Gasteiger partial charge in [-0.05, 0) is 24.0 Å². The van der Waals surface area contributed by atoms with Gasteiger partial charge in [0, 0.05) is 31.9 Å². The summed E-state index contributed by atoms with van der Waals surface area (Å²) in [6.45, 7) is 4.39. The highest BCUT2D eigenvalue weighted by atomic mass is 16.2. The molecule has 4 nitrogen and oxygen atoms in total. The Bertz CT molecular complexity index is 408. The zero-order valence-corrected chi connectivity index (χ0v) is 10.4. The molecule has 0 aromatic heterocycles. The molecule has 2 atom stereocenters. The van der Waals surface area contributed by atoms with E-state index in [1.165, 1.54) is 0 Å². The molecule has 0 radical (unpaired) electrons. The van der Waals surface area contributed by atoms with Crippen molar-refractivity contribution in [2.45, 2.75) is 0 Å². The number of benzene rings is 1. The van der Waals surface area contributed by atoms with E-state index < -0.39 is 0 Å². The van der Waals surface area contributed by atoms with Crippen LogP contribution in [0.3, 0.4) is 0 Å². The molecule has 2 heterocycles. The summed E-state index contributed by atoms with van der Waals surface area (Å²) in [7, 11) is 0. The first kappa shape index (κ1) is 11.5. The van der Waals surface area contributed by atoms with E-state index in [0.29, 0.717) is 18.4 Å². The Kier molecular flexibility index (Phi) is 3.19. The Morgan fingerprint density at radius 3 is 2.56 bits per heavy atom. The Balaban J connectivity index is 1.50. The molecule has 2 fully saturated rings. The summed E-state index contributed by atoms with van der Waals surface area (Å²) in [4.78, 5) is 14.1. The maximum Gasteiger partial charge on any atom is 0.241 e. The molecule has 2 aliphatic rings. The molecule has 0 bridgehead atoms. The van der Waals surface area contributed by atoms with Gasteiger partial charge in [-0.25, -0.2) is 0 Å². The molecule has 0 saturated carbocycles. The largest absolute Gasteiger partial charge is 0.376 e. The molecule has 4 heteroatoms. The average Bonchev–Trinajstić information content (AvgIpc) is 2.98. The first-order valence-corrected chi connectivity index (χ1v) is 6.60. The van der Waals surface area contributed by atoms with E-state index in [0.717, 1.165) is 31.9 Å². The first-order valence-electron chi connectivity index (χ1n) is 6.60. The van der Waals surface area contributed by atoms with E-state index in [2.05, 4.69) is 10.6 Å². The summed E-state index contributed by atoms with van der Waals surface area (Å²) in [6, 6.07) is 9.88. The number of para-hydroxylation sites is 1. The minimum atomic E-state index is 0.216. The van der Waals surface area contributed by atoms with Gasteiger partial charge in [0.15, 0.2) is 0 Å². The number of likely N-dealkylation sites (tertiary alicyclic amines) is 1. The normalized spacial score (nSPS) is 26.1. The van der Waals surface area contributed by atoms with Gasteiger partial charge in [0.05, 0.1) is 6.54 Å². The zero-order chi connectivity index (χ0) is 12.4. The van der Waals surface area contributed by atoms with Crippen LogP contribution in [0.15, 0.2) is 30.3 Å². The highest BCUT2D eigenvalue weighted by Gasteiger charge is 2.37. The summed E-state index contributed by atoms with van der Waals surface area (Å²) in [6.07, 6.45) is 0. The fraction of sp³-hybridized carbons (Fsp3) is 0.500. The van der Waals surface area contributed by atoms with Crippen LogP contribution in [-0.4, -0.2) is 43.5 Å². The van der Waals surface area contributed by atoms with Crippen molar-refractivity contribution in [2.75, 3.05) is 38.0 Å². The third-order valence-electron chi connectivity index (χ3n) is 3.96. The van der Waals surface area contributed by atoms with Crippen LogP contribution in [0.25, 0.3) is 0 Å². The van der Waals surface area contributed by atoms with Crippen LogP contribution in [0.5, 0.6) is 0 Å². The zero-order valence-electron chi connectivity index (χ0n) is 10.4. The second-order valence-electron chi connectivity index (χ2n) is 5.20. The minimum absolute atomic E-state index is 0.216. The van der Waals surface area contributed by atoms with Crippen molar-refractivity contribution in [1.29, 1.82) is 0 Å². The molecule has 18 heavy (non-hydrogen) atoms. The number of nitrogens with zero attached hydrogens (tertiary/aromatic N) is 1. The van der Waals surface area contributed by atoms with Crippen LogP contribution in [0.4, 0.5) is 5.69 Å². The van der Waals surface area contributed by atoms with Crippen LogP contribution < -0.4 is 10.6 Å². The number of amides is 1. The molecule has 0 spiro atoms. The minimum Gasteiger partial charge on any atom is -0.376 e. The van der Waals surface area contributed by atoms with Crippen molar-refractivity contribution in [3.8, 4) is 0 Å². The van der Waals surface area contributed by atoms with Gasteiger partial charge in [-0.2, -0.15) is 0 Å². The van der Waals surface area contributed by atoms with Crippen molar-refractivity contribution in [3.05, 3.63) is 30.3 Å². The van der Waals surface area contributed by atoms with Crippen LogP contribution in [-0.2, 0) is 4.79 Å². The van der Waals surface area contributed by atoms with Gasteiger partial charge in [0.1, 0.15) is 0 Å². The molecule has 0 aliphatic carbocycles. The molecule has 2 saturated heterocycles. The molecule has 96 valence electrons. The van der Waals surface area contributed by atoms with Crippen molar-refractivity contribution >= 4 is 11.6 Å². The van der Waals surface area contributed by atoms with E-state index in [1.54, 1.807) is 0 Å². The maximum absolute atomic E-state index is 12.1. The van der Waals surface area contributed by atoms with Crippen LogP contribution in [0, 0.1) is 11.8 Å². The van der Waals surface area contributed by atoms with Crippen LogP contribution in [0.2, 0.25) is 0 Å². The SMILES string of the molecule is O=C(CNc1ccccc1)N1C[C@H]2CNC[C@H]2C1. The van der Waals surface area contributed by atoms with Crippen molar-refractivity contribution < 1.29 is 4.79 Å². The standard InChI is InChI=1S/C14H19N3O/c18-14(8-16-13-4-2-1-3-5-13)17-9-11-6-15-7-12(11)10-17/h1-5,11-12,15-16H,6-10H2/t11-,12+. The molecule has 1 aromatic rings. The molecule has 2 N–H and O–H groups in total. The van der Waals surface area contributed by atoms with Crippen LogP contribution in [0.1, 0.15) is 0 Å². The van der Waals surface area contributed by atoms with Crippen LogP contribution >= 0.6 is 0 Å². The Hall–Kier alpha value is -1.55. The van der Waals surface area contributed by atoms with E-state index >= 15 is 0 Å². The van der Waals surface area contributed by atoms with E-state index in [4.69, 9.17) is 0 Å². The van der Waals surface area contributed by atoms with Crippen molar-refractivity contribution in [1.82, 2.24) is 10.2 Å². The van der Waals surface area contributed by atoms with Gasteiger partial charge < -0.3 is 15.5 Å². The van der Waals surface area contributed by atoms with Crippen molar-refractivity contribution in [3.63, 3.8) is 0 Å². The van der Waals surface area contributed by atoms with Gasteiger partial charge in [-0.15, -0.1) is 0 Å². The van der Waals surface area contributed by atoms with Gasteiger partial charge in [-0.1, -0.05) is 18.2 Å². The molecule has 2 aliphatic heterocycles. The Morgan fingerprint density at radius 1 is 1.22 bits per heavy atom. The highest BCUT2D eigenvalue weighted by molar-refractivity contribution is 5.81. The fourth-order valence-electron chi connectivity index (χ4n) is 2.90. The molecule has 3 rings (SSSR count). The third-order valence-corrected chi connectivity index (χ3v) is 3.96. The molecule has 1 amide bonds. The number of hydrogen-bond donors (Lipinski definition) is 2. The van der Waals surface area contributed by atoms with Gasteiger partial charge in [0.25, 0.3) is 0 Å². The second-order valence-corrected chi connectivity index (χ2v) is 5.20. The topological polar surface area (TPSA) is 44.4 Å². The van der Waals surface area contributed by atoms with Gasteiger partial charge in [-0.3, -0.25) is 4.79 Å². The smallest absolute Gasteiger partial charge is 0.241 e. The average molecular weight is 245 g/mol. The number of rotatable bonds is 3. The number of nitrogens with one attached hydrogen (secondary N) is 2. The lowest BCUT2D eigenvalue weighted by Gasteiger charge is -2.18. The van der Waals surface area contributed by atoms with E-state index in [9.17, 15) is 4.79 Å². The summed E-state index contributed by atoms with van der Waals surface area (Å²) >= 11 is 0. The molecular weight excluding hydrogens is 226 g/mol. The lowest BCUT2D eigenvalue weighted by molar-refractivity contribution is -0.128. The monoisotopic (exact) mass is 245 g/mol. The molecular formula is C14H19N3O. The highest BCUT2D eigenvalue weighted by Crippen LogP contribution is 2.26. The predicted octanol–water partition coefficient (Wildman–Crippen LogP) is 0.776. The summed E-state index contributed by atoms with van der Waals surface area (Å²) < 4.78 is 0. The number of carbonyl (C=O) groups excluding carboxylic acids is 1. The quantitative estimate of drug-likeness (QED) is 0.827. The van der Waals surface area contributed by atoms with E-state index in [-0.39, 0.29) is 5.91 Å². The number of hydrogen-bond acceptors (Lipinski definition) is 3. The lowest BCUT2D eigenvalue weighted by atomic mass is 10.0. The molecule has 0 unspecified atom stereocenters. The number of anilines is 1. The second kappa shape index (κ2) is 4.98. The summed E-state index contributed by atoms with van der Waals surface area (Å²) in [5.41, 5.74) is 1.01. The lowest BCUT2D eigenvalue weighted by Crippen LogP contribution is -2.35. The predicted molar refractivity (Wildman–Crippen MR) is 71.4 cm³/mol. The molecule has 1 aromatic carbocycles. The Morgan fingerprint density at radius 2 is 1.89 bits per heavy atom. The number of carbonyl (C=O) groups is 1. The summed E-state index contributed by atoms with van der Waals surface area (Å²) in [5, 5.41) is 6.57. The number of fused-ring (bicyclic) bond motifs is 1. The van der Waals surface area contributed by atoms with Gasteiger partial charge >= 0.3 is 0 Å². The fourth-order valence-corrected chi connectivity index (χ4v) is 2.90. The Labute approximate surface area is 107 Å². The first-order chi connectivity index (χ1) is 8.83. The third kappa shape index (κ3) is 2.34. The van der Waals surface area contributed by atoms with Gasteiger partial charge in [0.2, 0.25) is 5.91 Å². The van der Waals surface area contributed by atoms with E-state index in [1.807, 2.05) is 35.2 Å². The van der Waals surface area contributed by atoms with Crippen molar-refractivity contribution in [2.24, 2.45) is 11.8 Å². The maximum atomic E-state index is 12.1. The summed E-state index contributed by atoms with van der Waals surface area (Å²) in [5.74, 6) is 1.56.